The summed E-state index contributed by atoms with van der Waals surface area (Å²) in [6.45, 7) is 0.196. The molecule has 1 amide bonds. The van der Waals surface area contributed by atoms with E-state index in [1.807, 2.05) is 0 Å². The van der Waals surface area contributed by atoms with E-state index in [2.05, 4.69) is 32.6 Å². The Labute approximate surface area is 108 Å². The largest absolute Gasteiger partial charge is 0.375 e. The summed E-state index contributed by atoms with van der Waals surface area (Å²) in [4.78, 5) is 11.5. The molecule has 0 spiro atoms. The van der Waals surface area contributed by atoms with Gasteiger partial charge in [-0.25, -0.2) is 0 Å². The summed E-state index contributed by atoms with van der Waals surface area (Å²) >= 11 is 3.33. The van der Waals surface area contributed by atoms with Crippen molar-refractivity contribution in [3.63, 3.8) is 0 Å². The van der Waals surface area contributed by atoms with Crippen LogP contribution in [0.4, 0.5) is 5.69 Å². The van der Waals surface area contributed by atoms with E-state index in [1.165, 1.54) is 0 Å². The fourth-order valence-corrected chi connectivity index (χ4v) is 1.80. The average molecular weight is 294 g/mol. The third-order valence-corrected chi connectivity index (χ3v) is 2.98. The second kappa shape index (κ2) is 5.19. The average Bonchev–Trinajstić information content (AvgIpc) is 3.10. The standard InChI is InChI=1S/C12H12BrN3O/c13-9-2-1-8(6-14)11(5-9)15-7-12(17)16-10-3-4-10/h1-2,5,10,15H,3-4,7H2,(H,16,17). The van der Waals surface area contributed by atoms with Gasteiger partial charge in [0.05, 0.1) is 17.8 Å². The summed E-state index contributed by atoms with van der Waals surface area (Å²) in [6.07, 6.45) is 2.15. The number of nitrogens with one attached hydrogen (secondary N) is 2. The van der Waals surface area contributed by atoms with E-state index in [0.717, 1.165) is 17.3 Å². The first-order valence-corrected chi connectivity index (χ1v) is 6.21. The maximum absolute atomic E-state index is 11.5. The van der Waals surface area contributed by atoms with Crippen molar-refractivity contribution in [1.82, 2.24) is 5.32 Å². The van der Waals surface area contributed by atoms with Gasteiger partial charge in [0.2, 0.25) is 5.91 Å². The number of benzene rings is 1. The van der Waals surface area contributed by atoms with Crippen LogP contribution in [0.5, 0.6) is 0 Å². The predicted molar refractivity (Wildman–Crippen MR) is 68.5 cm³/mol. The molecule has 0 bridgehead atoms. The lowest BCUT2D eigenvalue weighted by Crippen LogP contribution is -2.31. The number of nitrogens with zero attached hydrogens (tertiary/aromatic N) is 1. The first-order valence-electron chi connectivity index (χ1n) is 5.42. The van der Waals surface area contributed by atoms with Gasteiger partial charge in [0.15, 0.2) is 0 Å². The zero-order valence-electron chi connectivity index (χ0n) is 9.16. The number of nitriles is 1. The van der Waals surface area contributed by atoms with Gasteiger partial charge < -0.3 is 10.6 Å². The van der Waals surface area contributed by atoms with Crippen LogP contribution in [0, 0.1) is 11.3 Å². The monoisotopic (exact) mass is 293 g/mol. The maximum atomic E-state index is 11.5. The third kappa shape index (κ3) is 3.46. The Kier molecular flexibility index (Phi) is 3.64. The molecule has 0 unspecified atom stereocenters. The van der Waals surface area contributed by atoms with Crippen molar-refractivity contribution in [2.45, 2.75) is 18.9 Å². The number of rotatable bonds is 4. The lowest BCUT2D eigenvalue weighted by atomic mass is 10.2. The van der Waals surface area contributed by atoms with Gasteiger partial charge in [0, 0.05) is 10.5 Å². The maximum Gasteiger partial charge on any atom is 0.239 e. The fourth-order valence-electron chi connectivity index (χ4n) is 1.44. The number of anilines is 1. The summed E-state index contributed by atoms with van der Waals surface area (Å²) in [6, 6.07) is 7.76. The van der Waals surface area contributed by atoms with Crippen LogP contribution in [0.2, 0.25) is 0 Å². The SMILES string of the molecule is N#Cc1ccc(Br)cc1NCC(=O)NC1CC1. The van der Waals surface area contributed by atoms with Crippen LogP contribution in [0.25, 0.3) is 0 Å². The van der Waals surface area contributed by atoms with Crippen LogP contribution in [-0.4, -0.2) is 18.5 Å². The summed E-state index contributed by atoms with van der Waals surface area (Å²) in [7, 11) is 0. The minimum absolute atomic E-state index is 0.0311. The Morgan fingerprint density at radius 3 is 2.94 bits per heavy atom. The number of amides is 1. The highest BCUT2D eigenvalue weighted by molar-refractivity contribution is 9.10. The summed E-state index contributed by atoms with van der Waals surface area (Å²) in [5.74, 6) is -0.0311. The topological polar surface area (TPSA) is 64.9 Å². The molecule has 17 heavy (non-hydrogen) atoms. The van der Waals surface area contributed by atoms with Crippen molar-refractivity contribution in [3.8, 4) is 6.07 Å². The Morgan fingerprint density at radius 2 is 2.29 bits per heavy atom. The van der Waals surface area contributed by atoms with Crippen molar-refractivity contribution in [1.29, 1.82) is 5.26 Å². The third-order valence-electron chi connectivity index (χ3n) is 2.48. The lowest BCUT2D eigenvalue weighted by Gasteiger charge is -2.08. The Balaban J connectivity index is 1.95. The molecule has 4 nitrogen and oxygen atoms in total. The molecular weight excluding hydrogens is 282 g/mol. The van der Waals surface area contributed by atoms with Crippen LogP contribution in [0.3, 0.4) is 0 Å². The van der Waals surface area contributed by atoms with Gasteiger partial charge in [-0.1, -0.05) is 15.9 Å². The molecule has 88 valence electrons. The molecule has 1 fully saturated rings. The summed E-state index contributed by atoms with van der Waals surface area (Å²) in [5, 5.41) is 14.8. The van der Waals surface area contributed by atoms with E-state index in [9.17, 15) is 4.79 Å². The van der Waals surface area contributed by atoms with Gasteiger partial charge in [-0.2, -0.15) is 5.26 Å². The summed E-state index contributed by atoms with van der Waals surface area (Å²) < 4.78 is 0.876. The Morgan fingerprint density at radius 1 is 1.53 bits per heavy atom. The Bertz CT molecular complexity index is 477. The minimum Gasteiger partial charge on any atom is -0.375 e. The van der Waals surface area contributed by atoms with Crippen LogP contribution >= 0.6 is 15.9 Å². The van der Waals surface area contributed by atoms with Gasteiger partial charge in [-0.15, -0.1) is 0 Å². The van der Waals surface area contributed by atoms with Gasteiger partial charge in [-0.05, 0) is 31.0 Å². The number of halogens is 1. The number of hydrogen-bond acceptors (Lipinski definition) is 3. The molecule has 1 aromatic rings. The van der Waals surface area contributed by atoms with E-state index in [1.54, 1.807) is 18.2 Å². The molecule has 0 aromatic heterocycles. The Hall–Kier alpha value is -1.54. The zero-order valence-corrected chi connectivity index (χ0v) is 10.8. The van der Waals surface area contributed by atoms with Gasteiger partial charge in [0.25, 0.3) is 0 Å². The van der Waals surface area contributed by atoms with Crippen LogP contribution < -0.4 is 10.6 Å². The molecule has 0 heterocycles. The van der Waals surface area contributed by atoms with Crippen molar-refractivity contribution >= 4 is 27.5 Å². The van der Waals surface area contributed by atoms with E-state index >= 15 is 0 Å². The second-order valence-electron chi connectivity index (χ2n) is 4.00. The molecule has 1 saturated carbocycles. The first-order chi connectivity index (χ1) is 8.19. The molecule has 0 radical (unpaired) electrons. The molecule has 1 aliphatic carbocycles. The highest BCUT2D eigenvalue weighted by Gasteiger charge is 2.22. The van der Waals surface area contributed by atoms with Crippen LogP contribution in [-0.2, 0) is 4.79 Å². The fraction of sp³-hybridized carbons (Fsp3) is 0.333. The number of hydrogen-bond donors (Lipinski definition) is 2. The summed E-state index contributed by atoms with van der Waals surface area (Å²) in [5.41, 5.74) is 1.21. The van der Waals surface area contributed by atoms with Gasteiger partial charge in [-0.3, -0.25) is 4.79 Å². The lowest BCUT2D eigenvalue weighted by molar-refractivity contribution is -0.119. The number of carbonyl (C=O) groups is 1. The quantitative estimate of drug-likeness (QED) is 0.892. The molecule has 1 aromatic carbocycles. The number of carbonyl (C=O) groups excluding carboxylic acids is 1. The van der Waals surface area contributed by atoms with E-state index < -0.39 is 0 Å². The molecular formula is C12H12BrN3O. The molecule has 5 heteroatoms. The molecule has 1 aliphatic rings. The normalized spacial score (nSPS) is 13.9. The molecule has 0 atom stereocenters. The highest BCUT2D eigenvalue weighted by Crippen LogP contribution is 2.21. The molecule has 0 saturated heterocycles. The van der Waals surface area contributed by atoms with E-state index in [-0.39, 0.29) is 12.5 Å². The van der Waals surface area contributed by atoms with Crippen molar-refractivity contribution in [3.05, 3.63) is 28.2 Å². The minimum atomic E-state index is -0.0311. The van der Waals surface area contributed by atoms with E-state index in [4.69, 9.17) is 5.26 Å². The molecule has 2 rings (SSSR count). The zero-order chi connectivity index (χ0) is 12.3. The van der Waals surface area contributed by atoms with E-state index in [0.29, 0.717) is 17.3 Å². The highest BCUT2D eigenvalue weighted by atomic mass is 79.9. The first kappa shape index (κ1) is 11.9. The molecule has 2 N–H and O–H groups in total. The van der Waals surface area contributed by atoms with Crippen LogP contribution in [0.1, 0.15) is 18.4 Å². The van der Waals surface area contributed by atoms with Crippen molar-refractivity contribution in [2.75, 3.05) is 11.9 Å². The van der Waals surface area contributed by atoms with Crippen molar-refractivity contribution in [2.24, 2.45) is 0 Å². The molecule has 0 aliphatic heterocycles. The predicted octanol–water partition coefficient (Wildman–Crippen LogP) is 2.01. The smallest absolute Gasteiger partial charge is 0.239 e. The van der Waals surface area contributed by atoms with Crippen molar-refractivity contribution < 1.29 is 4.79 Å². The second-order valence-corrected chi connectivity index (χ2v) is 4.91. The van der Waals surface area contributed by atoms with Crippen LogP contribution in [0.15, 0.2) is 22.7 Å². The van der Waals surface area contributed by atoms with Gasteiger partial charge in [0.1, 0.15) is 6.07 Å². The van der Waals surface area contributed by atoms with Gasteiger partial charge >= 0.3 is 0 Å².